The van der Waals surface area contributed by atoms with Crippen molar-refractivity contribution in [3.8, 4) is 0 Å². The van der Waals surface area contributed by atoms with Crippen molar-refractivity contribution in [2.45, 2.75) is 389 Å². The summed E-state index contributed by atoms with van der Waals surface area (Å²) < 4.78 is 23.4. The van der Waals surface area contributed by atoms with E-state index in [9.17, 15) is 19.2 Å². The second-order valence-electron chi connectivity index (χ2n) is 28.2. The van der Waals surface area contributed by atoms with Gasteiger partial charge in [-0.15, -0.1) is 0 Å². The van der Waals surface area contributed by atoms with Gasteiger partial charge in [-0.25, -0.2) is 19.2 Å². The summed E-state index contributed by atoms with van der Waals surface area (Å²) in [6, 6.07) is 2.66. The molecule has 0 unspecified atom stereocenters. The van der Waals surface area contributed by atoms with Crippen molar-refractivity contribution < 1.29 is 38.1 Å². The molecule has 0 heterocycles. The highest BCUT2D eigenvalue weighted by Gasteiger charge is 2.29. The summed E-state index contributed by atoms with van der Waals surface area (Å²) >= 11 is 0. The minimum absolute atomic E-state index is 0.0817. The molecule has 1 rings (SSSR count). The minimum atomic E-state index is -0.708. The van der Waals surface area contributed by atoms with Gasteiger partial charge in [0.1, 0.15) is 0 Å². The van der Waals surface area contributed by atoms with Gasteiger partial charge < -0.3 is 18.9 Å². The molecule has 0 fully saturated rings. The minimum Gasteiger partial charge on any atom is -0.462 e. The normalized spacial score (nSPS) is 11.7. The van der Waals surface area contributed by atoms with Crippen molar-refractivity contribution in [2.24, 2.45) is 23.7 Å². The average molecular weight is 1210 g/mol. The molecule has 0 aliphatic carbocycles. The van der Waals surface area contributed by atoms with E-state index in [1.807, 2.05) is 0 Å². The SMILES string of the molecule is CC(C)CCCCCCCCCCCCCCOC(=O)c1cc(C(=O)OCCCCCCCCCCCCCCC(C)C)c(C(=O)OCCCCCCCCCCCCCCC(C)C)cc1C(=O)OCCCCCCCCCCCCCCC(C)C. The Hall–Kier alpha value is -2.90. The fourth-order valence-electron chi connectivity index (χ4n) is 11.9. The molecule has 0 aliphatic rings. The predicted octanol–water partition coefficient (Wildman–Crippen LogP) is 25.2. The molecule has 0 aliphatic heterocycles. The number of carbonyl (C=O) groups excluding carboxylic acids is 4. The van der Waals surface area contributed by atoms with Crippen LogP contribution in [0.2, 0.25) is 0 Å². The summed E-state index contributed by atoms with van der Waals surface area (Å²) in [6.07, 6.45) is 63.1. The Morgan fingerprint density at radius 3 is 0.453 bits per heavy atom. The van der Waals surface area contributed by atoms with Crippen molar-refractivity contribution in [3.05, 3.63) is 34.4 Å². The van der Waals surface area contributed by atoms with Crippen molar-refractivity contribution in [2.75, 3.05) is 26.4 Å². The maximum Gasteiger partial charge on any atom is 0.339 e. The van der Waals surface area contributed by atoms with Gasteiger partial charge in [0.25, 0.3) is 0 Å². The molecule has 502 valence electrons. The van der Waals surface area contributed by atoms with Crippen molar-refractivity contribution in [3.63, 3.8) is 0 Å². The highest BCUT2D eigenvalue weighted by molar-refractivity contribution is 6.10. The molecule has 0 saturated carbocycles. The van der Waals surface area contributed by atoms with Crippen LogP contribution in [0.5, 0.6) is 0 Å². The van der Waals surface area contributed by atoms with E-state index in [1.54, 1.807) is 0 Å². The monoisotopic (exact) mass is 1210 g/mol. The number of esters is 4. The fraction of sp³-hybridized carbons (Fsp3) is 0.872. The van der Waals surface area contributed by atoms with E-state index in [4.69, 9.17) is 18.9 Å². The molecule has 0 radical (unpaired) electrons. The Bertz CT molecular complexity index is 1470. The number of hydrogen-bond donors (Lipinski definition) is 0. The molecule has 0 atom stereocenters. The quantitative estimate of drug-likeness (QED) is 0.0361. The number of carbonyl (C=O) groups is 4. The molecule has 0 bridgehead atoms. The van der Waals surface area contributed by atoms with E-state index in [0.717, 1.165) is 101 Å². The molecule has 0 spiro atoms. The molecule has 1 aromatic rings. The van der Waals surface area contributed by atoms with Crippen LogP contribution in [-0.2, 0) is 18.9 Å². The third kappa shape index (κ3) is 50.9. The van der Waals surface area contributed by atoms with Crippen molar-refractivity contribution >= 4 is 23.9 Å². The van der Waals surface area contributed by atoms with Crippen LogP contribution < -0.4 is 0 Å². The highest BCUT2D eigenvalue weighted by Crippen LogP contribution is 2.25. The van der Waals surface area contributed by atoms with E-state index in [0.29, 0.717) is 25.7 Å². The molecule has 0 N–H and O–H groups in total. The largest absolute Gasteiger partial charge is 0.462 e. The molecule has 1 aromatic carbocycles. The molecule has 86 heavy (non-hydrogen) atoms. The highest BCUT2D eigenvalue weighted by atomic mass is 16.5. The lowest BCUT2D eigenvalue weighted by Gasteiger charge is -2.15. The van der Waals surface area contributed by atoms with Crippen LogP contribution >= 0.6 is 0 Å². The molecule has 0 aromatic heterocycles. The van der Waals surface area contributed by atoms with E-state index in [1.165, 1.54) is 243 Å². The zero-order valence-electron chi connectivity index (χ0n) is 58.3. The number of benzene rings is 1. The van der Waals surface area contributed by atoms with E-state index in [2.05, 4.69) is 55.4 Å². The Balaban J connectivity index is 2.97. The van der Waals surface area contributed by atoms with Gasteiger partial charge in [-0.1, -0.05) is 364 Å². The molecular weight excluding hydrogens is 1060 g/mol. The summed E-state index contributed by atoms with van der Waals surface area (Å²) in [4.78, 5) is 56.2. The van der Waals surface area contributed by atoms with E-state index in [-0.39, 0.29) is 48.7 Å². The van der Waals surface area contributed by atoms with Gasteiger partial charge in [0.2, 0.25) is 0 Å². The van der Waals surface area contributed by atoms with Crippen LogP contribution in [0, 0.1) is 23.7 Å². The lowest BCUT2D eigenvalue weighted by molar-refractivity contribution is 0.0434. The summed E-state index contributed by atoms with van der Waals surface area (Å²) in [5.74, 6) is 0.394. The zero-order valence-corrected chi connectivity index (χ0v) is 58.3. The Kier molecular flexibility index (Phi) is 56.3. The lowest BCUT2D eigenvalue weighted by Crippen LogP contribution is -2.21. The maximum atomic E-state index is 14.1. The summed E-state index contributed by atoms with van der Waals surface area (Å²) in [5.41, 5.74) is -0.327. The number of hydrogen-bond acceptors (Lipinski definition) is 8. The second kappa shape index (κ2) is 59.7. The fourth-order valence-corrected chi connectivity index (χ4v) is 11.9. The number of unbranched alkanes of at least 4 members (excludes halogenated alkanes) is 44. The van der Waals surface area contributed by atoms with Crippen molar-refractivity contribution in [1.82, 2.24) is 0 Å². The van der Waals surface area contributed by atoms with Crippen LogP contribution in [0.15, 0.2) is 12.1 Å². The first-order valence-electron chi connectivity index (χ1n) is 37.7. The summed E-state index contributed by atoms with van der Waals surface area (Å²) in [6.45, 7) is 19.3. The first kappa shape index (κ1) is 81.1. The van der Waals surface area contributed by atoms with Gasteiger partial charge in [-0.05, 0) is 61.5 Å². The standard InChI is InChI=1S/C78H142O8/c1-67(2)57-49-41-33-25-17-9-13-21-29-37-45-53-61-83-75(79)71-65-73(77(81)85-63-55-47-39-31-23-15-11-19-27-35-43-51-59-69(5)6)74(78(82)86-64-56-48-40-32-24-16-12-20-28-36-44-52-60-70(7)8)66-72(71)76(80)84-62-54-46-38-30-22-14-10-18-26-34-42-50-58-68(3)4/h65-70H,9-64H2,1-8H3. The van der Waals surface area contributed by atoms with Gasteiger partial charge in [-0.2, -0.15) is 0 Å². The van der Waals surface area contributed by atoms with Crippen LogP contribution in [0.1, 0.15) is 431 Å². The average Bonchev–Trinajstić information content (AvgIpc) is 1.33. The summed E-state index contributed by atoms with van der Waals surface area (Å²) in [5, 5.41) is 0. The van der Waals surface area contributed by atoms with Crippen LogP contribution in [0.4, 0.5) is 0 Å². The van der Waals surface area contributed by atoms with E-state index < -0.39 is 23.9 Å². The van der Waals surface area contributed by atoms with Gasteiger partial charge in [0, 0.05) is 0 Å². The smallest absolute Gasteiger partial charge is 0.339 e. The maximum absolute atomic E-state index is 14.1. The Labute approximate surface area is 533 Å². The number of ether oxygens (including phenoxy) is 4. The molecule has 0 saturated heterocycles. The lowest BCUT2D eigenvalue weighted by atomic mass is 9.97. The predicted molar refractivity (Wildman–Crippen MR) is 367 cm³/mol. The first-order chi connectivity index (χ1) is 41.8. The van der Waals surface area contributed by atoms with E-state index >= 15 is 0 Å². The van der Waals surface area contributed by atoms with Crippen LogP contribution in [0.3, 0.4) is 0 Å². The Morgan fingerprint density at radius 1 is 0.209 bits per heavy atom. The summed E-state index contributed by atoms with van der Waals surface area (Å²) in [7, 11) is 0. The Morgan fingerprint density at radius 2 is 0.326 bits per heavy atom. The molecule has 8 nitrogen and oxygen atoms in total. The second-order valence-corrected chi connectivity index (χ2v) is 28.2. The van der Waals surface area contributed by atoms with Crippen molar-refractivity contribution in [1.29, 1.82) is 0 Å². The molecule has 0 amide bonds. The number of rotatable bonds is 64. The third-order valence-corrected chi connectivity index (χ3v) is 17.7. The first-order valence-corrected chi connectivity index (χ1v) is 37.7. The third-order valence-electron chi connectivity index (χ3n) is 17.7. The van der Waals surface area contributed by atoms with Gasteiger partial charge in [-0.3, -0.25) is 0 Å². The van der Waals surface area contributed by atoms with Gasteiger partial charge in [0.15, 0.2) is 0 Å². The van der Waals surface area contributed by atoms with Gasteiger partial charge in [0.05, 0.1) is 48.7 Å². The van der Waals surface area contributed by atoms with Gasteiger partial charge >= 0.3 is 23.9 Å². The van der Waals surface area contributed by atoms with Crippen LogP contribution in [-0.4, -0.2) is 50.3 Å². The molecular formula is C78H142O8. The topological polar surface area (TPSA) is 105 Å². The van der Waals surface area contributed by atoms with Crippen LogP contribution in [0.25, 0.3) is 0 Å². The molecule has 8 heteroatoms. The zero-order chi connectivity index (χ0) is 62.8.